The van der Waals surface area contributed by atoms with Crippen LogP contribution in [0.25, 0.3) is 88.4 Å². The van der Waals surface area contributed by atoms with E-state index >= 15 is 0 Å². The number of rotatable bonds is 7. The zero-order chi connectivity index (χ0) is 60.9. The summed E-state index contributed by atoms with van der Waals surface area (Å²) in [5.41, 5.74) is 32.7. The van der Waals surface area contributed by atoms with Crippen molar-refractivity contribution in [3.05, 3.63) is 351 Å². The Bertz CT molecular complexity index is 5530. The highest BCUT2D eigenvalue weighted by Crippen LogP contribution is 2.67. The third-order valence-corrected chi connectivity index (χ3v) is 21.7. The molecule has 0 aliphatic heterocycles. The van der Waals surface area contributed by atoms with Crippen molar-refractivity contribution in [2.75, 3.05) is 4.90 Å². The van der Waals surface area contributed by atoms with Gasteiger partial charge in [-0.15, -0.1) is 0 Å². The van der Waals surface area contributed by atoms with Gasteiger partial charge < -0.3 is 13.7 Å². The minimum absolute atomic E-state index is 0.268. The first-order valence-corrected chi connectivity index (χ1v) is 32.1. The summed E-state index contributed by atoms with van der Waals surface area (Å²) >= 11 is 0. The van der Waals surface area contributed by atoms with Crippen LogP contribution in [0.15, 0.2) is 282 Å². The summed E-state index contributed by atoms with van der Waals surface area (Å²) in [5, 5.41) is 4.64. The molecular formula is C88H63NO2. The Labute approximate surface area is 530 Å². The molecule has 0 amide bonds. The van der Waals surface area contributed by atoms with Crippen LogP contribution >= 0.6 is 0 Å². The van der Waals surface area contributed by atoms with Gasteiger partial charge in [0.2, 0.25) is 0 Å². The average Bonchev–Trinajstić information content (AvgIpc) is 1.52. The third kappa shape index (κ3) is 6.67. The molecule has 432 valence electrons. The van der Waals surface area contributed by atoms with Gasteiger partial charge in [-0.25, -0.2) is 0 Å². The van der Waals surface area contributed by atoms with Gasteiger partial charge in [0.05, 0.1) is 10.8 Å². The standard InChI is InChI=1S/C88H63NO2/c1-52-39-45-73(53(2)47-52)89(58-41-43-62-69(48-58)86(5,6)82-79(62)80-64-35-21-24-38-75(64)91-84(80)81-61-33-19-22-36-67(61)85(3,4)83(81)82)59-40-42-60-65-50-72-66(51-71(65)88(70(60)49-59,56-29-15-9-16-30-56)57-31-17-10-18-32-57)77-68(44-46-76-78(77)63-34-20-23-37-74(63)90-76)87(72,54-25-11-7-12-26-54)55-27-13-8-14-28-55/h7-51H,1-6H3. The average molecular weight is 1170 g/mol. The van der Waals surface area contributed by atoms with Gasteiger partial charge in [0.15, 0.2) is 0 Å². The zero-order valence-corrected chi connectivity index (χ0v) is 51.7. The van der Waals surface area contributed by atoms with Crippen LogP contribution in [0.4, 0.5) is 17.1 Å². The lowest BCUT2D eigenvalue weighted by Crippen LogP contribution is -2.30. The van der Waals surface area contributed by atoms with Gasteiger partial charge in [-0.1, -0.05) is 246 Å². The molecule has 0 spiro atoms. The molecule has 0 fully saturated rings. The summed E-state index contributed by atoms with van der Waals surface area (Å²) in [7, 11) is 0. The molecule has 15 aromatic rings. The lowest BCUT2D eigenvalue weighted by atomic mass is 9.66. The summed E-state index contributed by atoms with van der Waals surface area (Å²) in [4.78, 5) is 2.55. The number of furan rings is 2. The topological polar surface area (TPSA) is 29.5 Å². The molecule has 0 saturated carbocycles. The SMILES string of the molecule is Cc1ccc(N(c2ccc3c(c2)C(C)(C)c2c4c(c5oc6ccccc6c5c2-3)-c2ccccc2C4(C)C)c2ccc3c(c2)C(c2ccccc2)(c2ccccc2)c2cc4c(cc2-3)C(c2ccccc2)(c2ccccc2)c2ccc3oc5ccccc5c3c2-4)c(C)c1. The van der Waals surface area contributed by atoms with E-state index in [1.54, 1.807) is 0 Å². The van der Waals surface area contributed by atoms with Gasteiger partial charge in [0.25, 0.3) is 0 Å². The Balaban J connectivity index is 0.889. The second kappa shape index (κ2) is 18.4. The highest BCUT2D eigenvalue weighted by atomic mass is 16.3. The number of hydrogen-bond donors (Lipinski definition) is 0. The van der Waals surface area contributed by atoms with Crippen molar-refractivity contribution in [2.45, 2.75) is 63.2 Å². The van der Waals surface area contributed by atoms with Gasteiger partial charge in [-0.05, 0) is 186 Å². The van der Waals surface area contributed by atoms with Crippen molar-refractivity contribution in [1.29, 1.82) is 0 Å². The number of nitrogens with zero attached hydrogens (tertiary/aromatic N) is 1. The van der Waals surface area contributed by atoms with E-state index in [2.05, 4.69) is 319 Å². The van der Waals surface area contributed by atoms with Gasteiger partial charge in [0.1, 0.15) is 22.3 Å². The summed E-state index contributed by atoms with van der Waals surface area (Å²) in [6, 6.07) is 103. The maximum Gasteiger partial charge on any atom is 0.144 e. The van der Waals surface area contributed by atoms with Crippen molar-refractivity contribution >= 4 is 60.9 Å². The first-order chi connectivity index (χ1) is 44.5. The summed E-state index contributed by atoms with van der Waals surface area (Å²) in [6.45, 7) is 14.3. The van der Waals surface area contributed by atoms with Crippen LogP contribution < -0.4 is 4.90 Å². The molecule has 91 heavy (non-hydrogen) atoms. The van der Waals surface area contributed by atoms with E-state index in [-0.39, 0.29) is 10.8 Å². The highest BCUT2D eigenvalue weighted by molar-refractivity contribution is 6.21. The predicted molar refractivity (Wildman–Crippen MR) is 375 cm³/mol. The third-order valence-electron chi connectivity index (χ3n) is 21.7. The smallest absolute Gasteiger partial charge is 0.144 e. The van der Waals surface area contributed by atoms with Crippen LogP contribution in [0.5, 0.6) is 0 Å². The minimum atomic E-state index is -0.755. The lowest BCUT2D eigenvalue weighted by molar-refractivity contribution is 0.600. The van der Waals surface area contributed by atoms with Gasteiger partial charge in [-0.2, -0.15) is 0 Å². The van der Waals surface area contributed by atoms with E-state index in [0.29, 0.717) is 0 Å². The molecule has 13 aromatic carbocycles. The van der Waals surface area contributed by atoms with Crippen LogP contribution in [-0.4, -0.2) is 0 Å². The molecule has 2 aromatic heterocycles. The predicted octanol–water partition coefficient (Wildman–Crippen LogP) is 22.9. The van der Waals surface area contributed by atoms with Gasteiger partial charge >= 0.3 is 0 Å². The van der Waals surface area contributed by atoms with E-state index in [9.17, 15) is 0 Å². The fourth-order valence-corrected chi connectivity index (χ4v) is 18.0. The fourth-order valence-electron chi connectivity index (χ4n) is 18.0. The molecule has 3 nitrogen and oxygen atoms in total. The molecule has 4 aliphatic carbocycles. The first kappa shape index (κ1) is 52.2. The quantitative estimate of drug-likeness (QED) is 0.159. The van der Waals surface area contributed by atoms with Crippen molar-refractivity contribution < 1.29 is 8.83 Å². The second-order valence-electron chi connectivity index (χ2n) is 27.1. The van der Waals surface area contributed by atoms with Crippen molar-refractivity contribution in [3.63, 3.8) is 0 Å². The molecule has 19 rings (SSSR count). The highest BCUT2D eigenvalue weighted by Gasteiger charge is 2.53. The normalized spacial score (nSPS) is 15.3. The maximum atomic E-state index is 7.10. The lowest BCUT2D eigenvalue weighted by Gasteiger charge is -2.36. The van der Waals surface area contributed by atoms with Crippen LogP contribution in [0.3, 0.4) is 0 Å². The van der Waals surface area contributed by atoms with Crippen LogP contribution in [0.1, 0.15) is 106 Å². The molecule has 0 saturated heterocycles. The summed E-state index contributed by atoms with van der Waals surface area (Å²) < 4.78 is 13.9. The fraction of sp³-hybridized carbons (Fsp3) is 0.114. The Hall–Kier alpha value is -10.7. The first-order valence-electron chi connectivity index (χ1n) is 32.1. The Morgan fingerprint density at radius 1 is 0.308 bits per heavy atom. The zero-order valence-electron chi connectivity index (χ0n) is 51.7. The maximum absolute atomic E-state index is 7.10. The molecule has 3 heteroatoms. The number of para-hydroxylation sites is 2. The van der Waals surface area contributed by atoms with E-state index in [0.717, 1.165) is 55.6 Å². The van der Waals surface area contributed by atoms with Crippen molar-refractivity contribution in [3.8, 4) is 44.5 Å². The molecule has 0 radical (unpaired) electrons. The molecule has 0 atom stereocenters. The second-order valence-corrected chi connectivity index (χ2v) is 27.1. The monoisotopic (exact) mass is 1170 g/mol. The summed E-state index contributed by atoms with van der Waals surface area (Å²) in [5.74, 6) is 0. The van der Waals surface area contributed by atoms with Gasteiger partial charge in [0, 0.05) is 55.0 Å². The molecule has 0 N–H and O–H groups in total. The molecule has 0 unspecified atom stereocenters. The Morgan fingerprint density at radius 3 is 1.43 bits per heavy atom. The van der Waals surface area contributed by atoms with E-state index < -0.39 is 10.8 Å². The number of anilines is 3. The van der Waals surface area contributed by atoms with E-state index in [4.69, 9.17) is 8.83 Å². The Morgan fingerprint density at radius 2 is 0.791 bits per heavy atom. The van der Waals surface area contributed by atoms with E-state index in [1.807, 2.05) is 0 Å². The molecular weight excluding hydrogens is 1100 g/mol. The van der Waals surface area contributed by atoms with Crippen molar-refractivity contribution in [1.82, 2.24) is 0 Å². The molecule has 0 bridgehead atoms. The van der Waals surface area contributed by atoms with Gasteiger partial charge in [-0.3, -0.25) is 0 Å². The number of benzene rings is 13. The summed E-state index contributed by atoms with van der Waals surface area (Å²) in [6.07, 6.45) is 0. The molecule has 2 heterocycles. The van der Waals surface area contributed by atoms with Crippen LogP contribution in [-0.2, 0) is 21.7 Å². The largest absolute Gasteiger partial charge is 0.456 e. The molecule has 4 aliphatic rings. The van der Waals surface area contributed by atoms with Crippen LogP contribution in [0, 0.1) is 13.8 Å². The number of hydrogen-bond acceptors (Lipinski definition) is 3. The number of fused-ring (bicyclic) bond motifs is 22. The van der Waals surface area contributed by atoms with Crippen LogP contribution in [0.2, 0.25) is 0 Å². The Kier molecular flexibility index (Phi) is 10.6. The minimum Gasteiger partial charge on any atom is -0.456 e. The number of aryl methyl sites for hydroxylation is 2. The van der Waals surface area contributed by atoms with Crippen molar-refractivity contribution in [2.24, 2.45) is 0 Å². The van der Waals surface area contributed by atoms with E-state index in [1.165, 1.54) is 128 Å².